The highest BCUT2D eigenvalue weighted by Gasteiger charge is 2.20. The van der Waals surface area contributed by atoms with Crippen LogP contribution >= 0.6 is 0 Å². The normalized spacial score (nSPS) is 10.4. The smallest absolute Gasteiger partial charge is 0.335 e. The van der Waals surface area contributed by atoms with Crippen LogP contribution in [-0.4, -0.2) is 44.1 Å². The van der Waals surface area contributed by atoms with Gasteiger partial charge < -0.3 is 25.4 Å². The Balaban J connectivity index is 2.04. The maximum absolute atomic E-state index is 12.6. The zero-order valence-corrected chi connectivity index (χ0v) is 15.0. The van der Waals surface area contributed by atoms with E-state index in [0.29, 0.717) is 5.75 Å². The molecule has 10 nitrogen and oxygen atoms in total. The van der Waals surface area contributed by atoms with E-state index in [9.17, 15) is 24.6 Å². The van der Waals surface area contributed by atoms with E-state index in [2.05, 4.69) is 10.4 Å². The van der Waals surface area contributed by atoms with Gasteiger partial charge in [0.25, 0.3) is 11.5 Å². The first-order valence-electron chi connectivity index (χ1n) is 8.16. The summed E-state index contributed by atoms with van der Waals surface area (Å²) in [7, 11) is 1.40. The van der Waals surface area contributed by atoms with Crippen LogP contribution in [0.2, 0.25) is 0 Å². The number of phenolic OH excluding ortho intramolecular Hbond substituents is 1. The lowest BCUT2D eigenvalue weighted by Crippen LogP contribution is -2.25. The minimum Gasteiger partial charge on any atom is -0.506 e. The van der Waals surface area contributed by atoms with Crippen LogP contribution in [0, 0.1) is 0 Å². The second kappa shape index (κ2) is 7.72. The number of hydrogen-bond donors (Lipinski definition) is 4. The fraction of sp³-hybridized carbons (Fsp3) is 0.0526. The number of hydrogen-bond acceptors (Lipinski definition) is 7. The van der Waals surface area contributed by atoms with Crippen molar-refractivity contribution in [2.75, 3.05) is 12.4 Å². The predicted molar refractivity (Wildman–Crippen MR) is 101 cm³/mol. The molecule has 0 saturated heterocycles. The van der Waals surface area contributed by atoms with Crippen LogP contribution in [0.3, 0.4) is 0 Å². The lowest BCUT2D eigenvalue weighted by atomic mass is 10.2. The first-order valence-corrected chi connectivity index (χ1v) is 8.16. The van der Waals surface area contributed by atoms with Gasteiger partial charge in [-0.3, -0.25) is 9.59 Å². The standard InChI is InChI=1S/C19H15N3O7/c1-29-15-5-3-2-4-12(15)22-16(25)9-14(24)17(21-22)18(26)20-11-8-10(19(27)28)6-7-13(11)23/h2-9,23-24H,1H3,(H,20,26)(H,27,28). The van der Waals surface area contributed by atoms with Gasteiger partial charge >= 0.3 is 5.97 Å². The van der Waals surface area contributed by atoms with Crippen LogP contribution in [0.25, 0.3) is 5.69 Å². The van der Waals surface area contributed by atoms with Crippen molar-refractivity contribution in [1.82, 2.24) is 9.78 Å². The molecule has 0 radical (unpaired) electrons. The molecular formula is C19H15N3O7. The second-order valence-electron chi connectivity index (χ2n) is 5.79. The number of aromatic carboxylic acids is 1. The molecule has 0 unspecified atom stereocenters. The fourth-order valence-corrected chi connectivity index (χ4v) is 2.54. The predicted octanol–water partition coefficient (Wildman–Crippen LogP) is 1.60. The van der Waals surface area contributed by atoms with Crippen LogP contribution in [-0.2, 0) is 0 Å². The van der Waals surface area contributed by atoms with Gasteiger partial charge in [-0.25, -0.2) is 4.79 Å². The van der Waals surface area contributed by atoms with Crippen molar-refractivity contribution in [2.45, 2.75) is 0 Å². The number of amides is 1. The van der Waals surface area contributed by atoms with Crippen molar-refractivity contribution >= 4 is 17.6 Å². The number of carbonyl (C=O) groups is 2. The van der Waals surface area contributed by atoms with Crippen molar-refractivity contribution in [3.8, 4) is 22.9 Å². The molecule has 148 valence electrons. The molecule has 0 aliphatic carbocycles. The Morgan fingerprint density at radius 1 is 1.07 bits per heavy atom. The van der Waals surface area contributed by atoms with Crippen molar-refractivity contribution in [3.05, 3.63) is 70.1 Å². The van der Waals surface area contributed by atoms with E-state index < -0.39 is 28.9 Å². The van der Waals surface area contributed by atoms with E-state index in [1.807, 2.05) is 0 Å². The largest absolute Gasteiger partial charge is 0.506 e. The van der Waals surface area contributed by atoms with E-state index in [0.717, 1.165) is 28.9 Å². The number of nitrogens with one attached hydrogen (secondary N) is 1. The summed E-state index contributed by atoms with van der Waals surface area (Å²) in [6.45, 7) is 0. The Morgan fingerprint density at radius 3 is 2.48 bits per heavy atom. The average molecular weight is 397 g/mol. The van der Waals surface area contributed by atoms with Gasteiger partial charge in [0.1, 0.15) is 17.2 Å². The number of methoxy groups -OCH3 is 1. The molecule has 0 atom stereocenters. The Hall–Kier alpha value is -4.34. The maximum atomic E-state index is 12.6. The molecule has 10 heteroatoms. The van der Waals surface area contributed by atoms with E-state index in [4.69, 9.17) is 9.84 Å². The van der Waals surface area contributed by atoms with Crippen LogP contribution in [0.4, 0.5) is 5.69 Å². The Labute approximate surface area is 163 Å². The number of para-hydroxylation sites is 2. The molecule has 29 heavy (non-hydrogen) atoms. The molecule has 0 bridgehead atoms. The number of anilines is 1. The lowest BCUT2D eigenvalue weighted by molar-refractivity contribution is 0.0696. The van der Waals surface area contributed by atoms with E-state index in [1.54, 1.807) is 18.2 Å². The average Bonchev–Trinajstić information content (AvgIpc) is 2.69. The molecular weight excluding hydrogens is 382 g/mol. The number of aromatic hydroxyl groups is 2. The number of carboxylic acid groups (broad SMARTS) is 1. The molecule has 0 aliphatic rings. The quantitative estimate of drug-likeness (QED) is 0.474. The maximum Gasteiger partial charge on any atom is 0.335 e. The van der Waals surface area contributed by atoms with Gasteiger partial charge in [-0.05, 0) is 30.3 Å². The van der Waals surface area contributed by atoms with Crippen LogP contribution in [0.15, 0.2) is 53.3 Å². The Kier molecular flexibility index (Phi) is 5.17. The SMILES string of the molecule is COc1ccccc1-n1nc(C(=O)Nc2cc(C(=O)O)ccc2O)c(O)cc1=O. The molecule has 1 amide bonds. The number of phenols is 1. The number of nitrogens with zero attached hydrogens (tertiary/aromatic N) is 2. The van der Waals surface area contributed by atoms with Crippen molar-refractivity contribution in [2.24, 2.45) is 0 Å². The third kappa shape index (κ3) is 3.86. The summed E-state index contributed by atoms with van der Waals surface area (Å²) in [5.74, 6) is -2.99. The number of aromatic nitrogens is 2. The lowest BCUT2D eigenvalue weighted by Gasteiger charge is -2.12. The van der Waals surface area contributed by atoms with Gasteiger partial charge in [0.05, 0.1) is 18.4 Å². The number of rotatable bonds is 5. The molecule has 4 N–H and O–H groups in total. The van der Waals surface area contributed by atoms with Crippen LogP contribution < -0.4 is 15.6 Å². The monoisotopic (exact) mass is 397 g/mol. The van der Waals surface area contributed by atoms with Gasteiger partial charge in [-0.1, -0.05) is 12.1 Å². The number of carbonyl (C=O) groups excluding carboxylic acids is 1. The van der Waals surface area contributed by atoms with E-state index in [1.165, 1.54) is 13.2 Å². The van der Waals surface area contributed by atoms with Crippen molar-refractivity contribution in [1.29, 1.82) is 0 Å². The summed E-state index contributed by atoms with van der Waals surface area (Å²) in [5, 5.41) is 35.1. The van der Waals surface area contributed by atoms with Crippen LogP contribution in [0.1, 0.15) is 20.8 Å². The van der Waals surface area contributed by atoms with Gasteiger partial charge in [0.15, 0.2) is 11.4 Å². The summed E-state index contributed by atoms with van der Waals surface area (Å²) in [6, 6.07) is 10.5. The third-order valence-corrected chi connectivity index (χ3v) is 3.93. The second-order valence-corrected chi connectivity index (χ2v) is 5.79. The minimum absolute atomic E-state index is 0.172. The topological polar surface area (TPSA) is 151 Å². The molecule has 0 fully saturated rings. The van der Waals surface area contributed by atoms with Gasteiger partial charge in [-0.15, -0.1) is 0 Å². The number of benzene rings is 2. The summed E-state index contributed by atoms with van der Waals surface area (Å²) in [6.07, 6.45) is 0. The summed E-state index contributed by atoms with van der Waals surface area (Å²) in [5.41, 5.74) is -1.36. The fourth-order valence-electron chi connectivity index (χ4n) is 2.54. The number of carboxylic acids is 1. The molecule has 0 spiro atoms. The van der Waals surface area contributed by atoms with Crippen molar-refractivity contribution < 1.29 is 29.6 Å². The molecule has 1 heterocycles. The molecule has 0 aliphatic heterocycles. The third-order valence-electron chi connectivity index (χ3n) is 3.93. The van der Waals surface area contributed by atoms with Gasteiger partial charge in [0.2, 0.25) is 0 Å². The van der Waals surface area contributed by atoms with Gasteiger partial charge in [0, 0.05) is 6.07 Å². The number of ether oxygens (including phenoxy) is 1. The molecule has 0 saturated carbocycles. The zero-order valence-electron chi connectivity index (χ0n) is 15.0. The minimum atomic E-state index is -1.26. The first-order chi connectivity index (χ1) is 13.8. The van der Waals surface area contributed by atoms with E-state index in [-0.39, 0.29) is 22.7 Å². The van der Waals surface area contributed by atoms with Gasteiger partial charge in [-0.2, -0.15) is 9.78 Å². The summed E-state index contributed by atoms with van der Waals surface area (Å²) >= 11 is 0. The highest BCUT2D eigenvalue weighted by molar-refractivity contribution is 6.05. The summed E-state index contributed by atoms with van der Waals surface area (Å²) < 4.78 is 6.06. The molecule has 3 rings (SSSR count). The highest BCUT2D eigenvalue weighted by atomic mass is 16.5. The highest BCUT2D eigenvalue weighted by Crippen LogP contribution is 2.26. The summed E-state index contributed by atoms with van der Waals surface area (Å²) in [4.78, 5) is 35.9. The molecule has 2 aromatic carbocycles. The van der Waals surface area contributed by atoms with Crippen LogP contribution in [0.5, 0.6) is 17.2 Å². The zero-order chi connectivity index (χ0) is 21.1. The molecule has 1 aromatic heterocycles. The Morgan fingerprint density at radius 2 is 1.79 bits per heavy atom. The van der Waals surface area contributed by atoms with E-state index >= 15 is 0 Å². The Bertz CT molecular complexity index is 1170. The van der Waals surface area contributed by atoms with Crippen molar-refractivity contribution in [3.63, 3.8) is 0 Å². The molecule has 3 aromatic rings. The first kappa shape index (κ1) is 19.4.